The predicted molar refractivity (Wildman–Crippen MR) is 86.1 cm³/mol. The number of nitrogens with one attached hydrogen (secondary N) is 1. The zero-order valence-electron chi connectivity index (χ0n) is 11.6. The highest BCUT2D eigenvalue weighted by atomic mass is 35.5. The van der Waals surface area contributed by atoms with Gasteiger partial charge in [0.2, 0.25) is 11.2 Å². The molecular formula is C13H13Cl2FN4OS. The Balaban J connectivity index is 2.14. The first-order valence-corrected chi connectivity index (χ1v) is 8.01. The van der Waals surface area contributed by atoms with E-state index >= 15 is 0 Å². The quantitative estimate of drug-likeness (QED) is 0.765. The fourth-order valence-electron chi connectivity index (χ4n) is 1.62. The highest BCUT2D eigenvalue weighted by molar-refractivity contribution is 7.99. The summed E-state index contributed by atoms with van der Waals surface area (Å²) < 4.78 is 13.5. The number of hydrogen-bond donors (Lipinski definition) is 2. The zero-order valence-corrected chi connectivity index (χ0v) is 13.9. The molecule has 0 bridgehead atoms. The SMILES string of the molecule is CC(Sc1nc(Cl)nc(NCCO)n1)c1ccc(Cl)c(F)c1. The number of thioether (sulfide) groups is 1. The topological polar surface area (TPSA) is 70.9 Å². The third-order valence-corrected chi connectivity index (χ3v) is 4.17. The Bertz CT molecular complexity index is 662. The molecule has 1 aromatic carbocycles. The Kier molecular flexibility index (Phi) is 6.19. The van der Waals surface area contributed by atoms with Gasteiger partial charge in [-0.15, -0.1) is 0 Å². The normalized spacial score (nSPS) is 12.2. The molecule has 0 radical (unpaired) electrons. The molecule has 2 N–H and O–H groups in total. The maximum absolute atomic E-state index is 13.5. The van der Waals surface area contributed by atoms with Crippen molar-refractivity contribution < 1.29 is 9.50 Å². The van der Waals surface area contributed by atoms with Gasteiger partial charge < -0.3 is 10.4 Å². The van der Waals surface area contributed by atoms with E-state index in [1.807, 2.05) is 6.92 Å². The molecule has 22 heavy (non-hydrogen) atoms. The summed E-state index contributed by atoms with van der Waals surface area (Å²) in [5.41, 5.74) is 0.758. The molecule has 2 aromatic rings. The molecule has 2 rings (SSSR count). The smallest absolute Gasteiger partial charge is 0.228 e. The molecule has 1 aromatic heterocycles. The van der Waals surface area contributed by atoms with E-state index in [0.717, 1.165) is 5.56 Å². The molecule has 0 saturated carbocycles. The number of nitrogens with zero attached hydrogens (tertiary/aromatic N) is 3. The summed E-state index contributed by atoms with van der Waals surface area (Å²) in [5, 5.41) is 12.0. The molecule has 1 heterocycles. The van der Waals surface area contributed by atoms with Gasteiger partial charge in [-0.05, 0) is 36.2 Å². The number of halogens is 3. The van der Waals surface area contributed by atoms with E-state index in [2.05, 4.69) is 20.3 Å². The molecule has 0 fully saturated rings. The predicted octanol–water partition coefficient (Wildman–Crippen LogP) is 3.58. The molecule has 0 aliphatic carbocycles. The number of anilines is 1. The Morgan fingerprint density at radius 2 is 2.09 bits per heavy atom. The van der Waals surface area contributed by atoms with E-state index < -0.39 is 5.82 Å². The van der Waals surface area contributed by atoms with Crippen molar-refractivity contribution in [1.29, 1.82) is 0 Å². The van der Waals surface area contributed by atoms with Crippen LogP contribution in [0.1, 0.15) is 17.7 Å². The largest absolute Gasteiger partial charge is 0.395 e. The lowest BCUT2D eigenvalue weighted by atomic mass is 10.2. The second kappa shape index (κ2) is 7.92. The van der Waals surface area contributed by atoms with Crippen LogP contribution in [-0.2, 0) is 0 Å². The average Bonchev–Trinajstić information content (AvgIpc) is 2.47. The van der Waals surface area contributed by atoms with Gasteiger partial charge in [-0.2, -0.15) is 15.0 Å². The van der Waals surface area contributed by atoms with Gasteiger partial charge >= 0.3 is 0 Å². The third-order valence-electron chi connectivity index (χ3n) is 2.68. The fraction of sp³-hybridized carbons (Fsp3) is 0.308. The lowest BCUT2D eigenvalue weighted by Gasteiger charge is -2.12. The number of benzene rings is 1. The van der Waals surface area contributed by atoms with Crippen LogP contribution in [0.25, 0.3) is 0 Å². The van der Waals surface area contributed by atoms with E-state index in [9.17, 15) is 4.39 Å². The van der Waals surface area contributed by atoms with Crippen LogP contribution in [0.15, 0.2) is 23.4 Å². The van der Waals surface area contributed by atoms with Crippen LogP contribution in [0.5, 0.6) is 0 Å². The molecule has 1 atom stereocenters. The van der Waals surface area contributed by atoms with Gasteiger partial charge in [0, 0.05) is 11.8 Å². The summed E-state index contributed by atoms with van der Waals surface area (Å²) in [4.78, 5) is 12.1. The second-order valence-electron chi connectivity index (χ2n) is 4.29. The van der Waals surface area contributed by atoms with E-state index in [4.69, 9.17) is 28.3 Å². The molecule has 118 valence electrons. The third kappa shape index (κ3) is 4.67. The van der Waals surface area contributed by atoms with Gasteiger partial charge in [-0.3, -0.25) is 0 Å². The van der Waals surface area contributed by atoms with Gasteiger partial charge in [0.25, 0.3) is 0 Å². The molecule has 9 heteroatoms. The minimum absolute atomic E-state index is 0.0485. The van der Waals surface area contributed by atoms with Crippen LogP contribution < -0.4 is 5.32 Å². The van der Waals surface area contributed by atoms with Crippen LogP contribution in [0.4, 0.5) is 10.3 Å². The summed E-state index contributed by atoms with van der Waals surface area (Å²) in [5.74, 6) is -0.184. The van der Waals surface area contributed by atoms with E-state index in [-0.39, 0.29) is 28.1 Å². The average molecular weight is 363 g/mol. The molecule has 5 nitrogen and oxygen atoms in total. The number of hydrogen-bond acceptors (Lipinski definition) is 6. The standard InChI is InChI=1S/C13H13Cl2FN4OS/c1-7(8-2-3-9(14)10(16)6-8)22-13-19-11(15)18-12(20-13)17-4-5-21/h2-3,6-7,21H,4-5H2,1H3,(H,17,18,19,20). The second-order valence-corrected chi connectivity index (χ2v) is 6.35. The maximum atomic E-state index is 13.5. The van der Waals surface area contributed by atoms with Crippen molar-refractivity contribution in [2.45, 2.75) is 17.3 Å². The molecule has 0 amide bonds. The number of aliphatic hydroxyl groups excluding tert-OH is 1. The Morgan fingerprint density at radius 1 is 1.32 bits per heavy atom. The van der Waals surface area contributed by atoms with Crippen molar-refractivity contribution in [3.05, 3.63) is 39.9 Å². The van der Waals surface area contributed by atoms with Crippen molar-refractivity contribution in [3.8, 4) is 0 Å². The van der Waals surface area contributed by atoms with E-state index in [1.165, 1.54) is 23.9 Å². The number of rotatable bonds is 6. The monoisotopic (exact) mass is 362 g/mol. The van der Waals surface area contributed by atoms with E-state index in [0.29, 0.717) is 11.7 Å². The fourth-order valence-corrected chi connectivity index (χ4v) is 2.83. The summed E-state index contributed by atoms with van der Waals surface area (Å²) in [7, 11) is 0. The molecule has 0 aliphatic heterocycles. The Hall–Kier alpha value is -1.15. The lowest BCUT2D eigenvalue weighted by molar-refractivity contribution is 0.310. The van der Waals surface area contributed by atoms with Crippen LogP contribution in [0, 0.1) is 5.82 Å². The van der Waals surface area contributed by atoms with Gasteiger partial charge in [0.1, 0.15) is 5.82 Å². The number of aromatic nitrogens is 3. The van der Waals surface area contributed by atoms with Gasteiger partial charge in [-0.1, -0.05) is 29.4 Å². The summed E-state index contributed by atoms with van der Waals surface area (Å²) in [6, 6.07) is 4.64. The van der Waals surface area contributed by atoms with Crippen molar-refractivity contribution in [2.75, 3.05) is 18.5 Å². The lowest BCUT2D eigenvalue weighted by Crippen LogP contribution is -2.10. The van der Waals surface area contributed by atoms with Crippen LogP contribution >= 0.6 is 35.0 Å². The minimum Gasteiger partial charge on any atom is -0.395 e. The Labute approximate surface area is 141 Å². The van der Waals surface area contributed by atoms with Crippen LogP contribution in [0.2, 0.25) is 10.3 Å². The Morgan fingerprint density at radius 3 is 2.77 bits per heavy atom. The van der Waals surface area contributed by atoms with Crippen molar-refractivity contribution in [3.63, 3.8) is 0 Å². The van der Waals surface area contributed by atoms with Crippen molar-refractivity contribution in [1.82, 2.24) is 15.0 Å². The summed E-state index contributed by atoms with van der Waals surface area (Å²) in [6.45, 7) is 2.15. The van der Waals surface area contributed by atoms with Crippen molar-refractivity contribution in [2.24, 2.45) is 0 Å². The van der Waals surface area contributed by atoms with Gasteiger partial charge in [-0.25, -0.2) is 4.39 Å². The molecular weight excluding hydrogens is 350 g/mol. The van der Waals surface area contributed by atoms with Gasteiger partial charge in [0.15, 0.2) is 5.16 Å². The van der Waals surface area contributed by atoms with Crippen LogP contribution in [-0.4, -0.2) is 33.2 Å². The van der Waals surface area contributed by atoms with Crippen molar-refractivity contribution >= 4 is 40.9 Å². The molecule has 0 spiro atoms. The highest BCUT2D eigenvalue weighted by Crippen LogP contribution is 2.34. The first-order valence-electron chi connectivity index (χ1n) is 6.37. The zero-order chi connectivity index (χ0) is 16.1. The number of aliphatic hydroxyl groups is 1. The molecule has 0 saturated heterocycles. The maximum Gasteiger partial charge on any atom is 0.228 e. The summed E-state index contributed by atoms with van der Waals surface area (Å²) >= 11 is 12.8. The molecule has 1 unspecified atom stereocenters. The minimum atomic E-state index is -0.467. The van der Waals surface area contributed by atoms with Crippen LogP contribution in [0.3, 0.4) is 0 Å². The summed E-state index contributed by atoms with van der Waals surface area (Å²) in [6.07, 6.45) is 0. The highest BCUT2D eigenvalue weighted by Gasteiger charge is 2.13. The first-order chi connectivity index (χ1) is 10.5. The van der Waals surface area contributed by atoms with Gasteiger partial charge in [0.05, 0.1) is 11.6 Å². The van der Waals surface area contributed by atoms with E-state index in [1.54, 1.807) is 6.07 Å². The first kappa shape index (κ1) is 17.2. The molecule has 0 aliphatic rings.